The van der Waals surface area contributed by atoms with Crippen molar-refractivity contribution in [3.8, 4) is 0 Å². The number of carbonyl (C=O) groups excluding carboxylic acids is 1. The van der Waals surface area contributed by atoms with Crippen LogP contribution in [0.1, 0.15) is 24.0 Å². The summed E-state index contributed by atoms with van der Waals surface area (Å²) in [5.41, 5.74) is 2.97. The first-order chi connectivity index (χ1) is 14.0. The zero-order chi connectivity index (χ0) is 20.4. The Bertz CT molecular complexity index is 878. The van der Waals surface area contributed by atoms with Gasteiger partial charge in [-0.15, -0.1) is 0 Å². The molecule has 1 saturated heterocycles. The van der Waals surface area contributed by atoms with Gasteiger partial charge in [0.2, 0.25) is 5.91 Å². The predicted molar refractivity (Wildman–Crippen MR) is 115 cm³/mol. The van der Waals surface area contributed by atoms with Gasteiger partial charge in [-0.05, 0) is 43.5 Å². The van der Waals surface area contributed by atoms with E-state index in [0.717, 1.165) is 44.0 Å². The number of piperazine rings is 1. The van der Waals surface area contributed by atoms with Crippen LogP contribution in [0.2, 0.25) is 5.02 Å². The molecule has 0 spiro atoms. The number of carbonyl (C=O) groups is 1. The molecule has 0 N–H and O–H groups in total. The fourth-order valence-corrected chi connectivity index (χ4v) is 4.14. The third-order valence-corrected chi connectivity index (χ3v) is 6.08. The van der Waals surface area contributed by atoms with E-state index in [1.165, 1.54) is 17.3 Å². The SMILES string of the molecule is Cc1ccc(Cl)cc1N1CCN(CC(=O)N(Cc2ccccc2F)C2CC2)CC1. The molecule has 0 atom stereocenters. The summed E-state index contributed by atoms with van der Waals surface area (Å²) in [5, 5.41) is 0.747. The van der Waals surface area contributed by atoms with Crippen LogP contribution in [0.3, 0.4) is 0 Å². The molecule has 1 aliphatic carbocycles. The summed E-state index contributed by atoms with van der Waals surface area (Å²) in [6.07, 6.45) is 2.03. The van der Waals surface area contributed by atoms with Crippen LogP contribution in [0.4, 0.5) is 10.1 Å². The van der Waals surface area contributed by atoms with Gasteiger partial charge < -0.3 is 9.80 Å². The number of nitrogens with zero attached hydrogens (tertiary/aromatic N) is 3. The molecule has 4 nitrogen and oxygen atoms in total. The third kappa shape index (κ3) is 4.90. The molecule has 2 aromatic rings. The van der Waals surface area contributed by atoms with E-state index in [-0.39, 0.29) is 17.8 Å². The van der Waals surface area contributed by atoms with E-state index in [1.54, 1.807) is 12.1 Å². The Morgan fingerprint density at radius 3 is 2.55 bits per heavy atom. The van der Waals surface area contributed by atoms with Crippen molar-refractivity contribution in [3.05, 3.63) is 64.4 Å². The van der Waals surface area contributed by atoms with Gasteiger partial charge in [-0.25, -0.2) is 4.39 Å². The van der Waals surface area contributed by atoms with Crippen molar-refractivity contribution in [1.82, 2.24) is 9.80 Å². The zero-order valence-corrected chi connectivity index (χ0v) is 17.5. The van der Waals surface area contributed by atoms with Crippen LogP contribution >= 0.6 is 11.6 Å². The Labute approximate surface area is 176 Å². The average molecular weight is 416 g/mol. The highest BCUT2D eigenvalue weighted by Gasteiger charge is 2.34. The van der Waals surface area contributed by atoms with E-state index in [1.807, 2.05) is 29.2 Å². The van der Waals surface area contributed by atoms with Crippen molar-refractivity contribution >= 4 is 23.2 Å². The van der Waals surface area contributed by atoms with E-state index in [0.29, 0.717) is 18.7 Å². The molecule has 0 unspecified atom stereocenters. The van der Waals surface area contributed by atoms with Crippen LogP contribution in [0.15, 0.2) is 42.5 Å². The molecule has 1 heterocycles. The summed E-state index contributed by atoms with van der Waals surface area (Å²) in [6, 6.07) is 13.0. The molecule has 2 fully saturated rings. The smallest absolute Gasteiger partial charge is 0.237 e. The highest BCUT2D eigenvalue weighted by Crippen LogP contribution is 2.29. The topological polar surface area (TPSA) is 26.8 Å². The van der Waals surface area contributed by atoms with Crippen molar-refractivity contribution < 1.29 is 9.18 Å². The largest absolute Gasteiger partial charge is 0.369 e. The maximum atomic E-state index is 14.1. The van der Waals surface area contributed by atoms with Crippen molar-refractivity contribution in [1.29, 1.82) is 0 Å². The van der Waals surface area contributed by atoms with Gasteiger partial charge in [0.1, 0.15) is 5.82 Å². The number of anilines is 1. The van der Waals surface area contributed by atoms with Crippen LogP contribution in [-0.2, 0) is 11.3 Å². The van der Waals surface area contributed by atoms with Crippen LogP contribution in [0, 0.1) is 12.7 Å². The predicted octanol–water partition coefficient (Wildman–Crippen LogP) is 4.10. The molecule has 6 heteroatoms. The van der Waals surface area contributed by atoms with Gasteiger partial charge in [-0.3, -0.25) is 9.69 Å². The van der Waals surface area contributed by atoms with Gasteiger partial charge >= 0.3 is 0 Å². The van der Waals surface area contributed by atoms with Crippen LogP contribution in [0.25, 0.3) is 0 Å². The molecular formula is C23H27ClFN3O. The molecule has 1 saturated carbocycles. The monoisotopic (exact) mass is 415 g/mol. The van der Waals surface area contributed by atoms with Gasteiger partial charge in [0.05, 0.1) is 6.54 Å². The van der Waals surface area contributed by atoms with E-state index in [4.69, 9.17) is 11.6 Å². The lowest BCUT2D eigenvalue weighted by Gasteiger charge is -2.37. The highest BCUT2D eigenvalue weighted by molar-refractivity contribution is 6.30. The van der Waals surface area contributed by atoms with Gasteiger partial charge in [-0.2, -0.15) is 0 Å². The second-order valence-electron chi connectivity index (χ2n) is 8.04. The minimum atomic E-state index is -0.239. The Morgan fingerprint density at radius 1 is 1.14 bits per heavy atom. The van der Waals surface area contributed by atoms with Gasteiger partial charge in [-0.1, -0.05) is 35.9 Å². The summed E-state index contributed by atoms with van der Waals surface area (Å²) >= 11 is 6.17. The van der Waals surface area contributed by atoms with Crippen LogP contribution in [0.5, 0.6) is 0 Å². The normalized spacial score (nSPS) is 17.4. The number of rotatable bonds is 6. The minimum absolute atomic E-state index is 0.100. The van der Waals surface area contributed by atoms with Gasteiger partial charge in [0.15, 0.2) is 0 Å². The Morgan fingerprint density at radius 2 is 1.86 bits per heavy atom. The van der Waals surface area contributed by atoms with Gasteiger partial charge in [0.25, 0.3) is 0 Å². The number of benzene rings is 2. The van der Waals surface area contributed by atoms with E-state index in [9.17, 15) is 9.18 Å². The number of aryl methyl sites for hydroxylation is 1. The third-order valence-electron chi connectivity index (χ3n) is 5.85. The van der Waals surface area contributed by atoms with Crippen LogP contribution in [-0.4, -0.2) is 54.5 Å². The minimum Gasteiger partial charge on any atom is -0.369 e. The van der Waals surface area contributed by atoms with Gasteiger partial charge in [0, 0.05) is 55.0 Å². The molecular weight excluding hydrogens is 389 g/mol. The lowest BCUT2D eigenvalue weighted by atomic mass is 10.1. The molecule has 4 rings (SSSR count). The molecule has 0 radical (unpaired) electrons. The fourth-order valence-electron chi connectivity index (χ4n) is 3.97. The van der Waals surface area contributed by atoms with Crippen molar-refractivity contribution in [2.75, 3.05) is 37.6 Å². The Kier molecular flexibility index (Phi) is 6.07. The number of halogens is 2. The lowest BCUT2D eigenvalue weighted by Crippen LogP contribution is -2.50. The Balaban J connectivity index is 1.35. The quantitative estimate of drug-likeness (QED) is 0.710. The molecule has 2 aromatic carbocycles. The summed E-state index contributed by atoms with van der Waals surface area (Å²) < 4.78 is 14.1. The first-order valence-corrected chi connectivity index (χ1v) is 10.7. The summed E-state index contributed by atoms with van der Waals surface area (Å²) in [4.78, 5) is 19.4. The lowest BCUT2D eigenvalue weighted by molar-refractivity contribution is -0.133. The van der Waals surface area contributed by atoms with Crippen molar-refractivity contribution in [3.63, 3.8) is 0 Å². The summed E-state index contributed by atoms with van der Waals surface area (Å²) in [6.45, 7) is 6.24. The van der Waals surface area contributed by atoms with E-state index >= 15 is 0 Å². The first-order valence-electron chi connectivity index (χ1n) is 10.3. The van der Waals surface area contributed by atoms with Crippen LogP contribution < -0.4 is 4.90 Å². The second kappa shape index (κ2) is 8.72. The number of amides is 1. The summed E-state index contributed by atoms with van der Waals surface area (Å²) in [5.74, 6) is -0.139. The molecule has 29 heavy (non-hydrogen) atoms. The maximum absolute atomic E-state index is 14.1. The summed E-state index contributed by atoms with van der Waals surface area (Å²) in [7, 11) is 0. The molecule has 1 amide bonds. The maximum Gasteiger partial charge on any atom is 0.237 e. The zero-order valence-electron chi connectivity index (χ0n) is 16.8. The molecule has 0 bridgehead atoms. The first kappa shape index (κ1) is 20.2. The Hall–Kier alpha value is -2.11. The van der Waals surface area contributed by atoms with E-state index < -0.39 is 0 Å². The standard InChI is InChI=1S/C23H27ClFN3O/c1-17-6-7-19(24)14-22(17)27-12-10-26(11-13-27)16-23(29)28(20-8-9-20)15-18-4-2-3-5-21(18)25/h2-7,14,20H,8-13,15-16H2,1H3. The molecule has 1 aliphatic heterocycles. The van der Waals surface area contributed by atoms with E-state index in [2.05, 4.69) is 16.7 Å². The van der Waals surface area contributed by atoms with Crippen molar-refractivity contribution in [2.24, 2.45) is 0 Å². The fraction of sp³-hybridized carbons (Fsp3) is 0.435. The number of hydrogen-bond acceptors (Lipinski definition) is 3. The molecule has 0 aromatic heterocycles. The molecule has 2 aliphatic rings. The highest BCUT2D eigenvalue weighted by atomic mass is 35.5. The average Bonchev–Trinajstić information content (AvgIpc) is 3.55. The number of hydrogen-bond donors (Lipinski definition) is 0. The van der Waals surface area contributed by atoms with Crippen molar-refractivity contribution in [2.45, 2.75) is 32.4 Å². The molecule has 154 valence electrons. The second-order valence-corrected chi connectivity index (χ2v) is 8.47.